The standard InChI is InChI=1S/C19H27N5O4S/c1-14-19(16(3)28-20-14)29(26,27)24-11-9-22(10-12-24)18(25)13-23-8-7-21-6-4-5-17(21)15(23)2/h4-6,15H,7-13H2,1-3H3/t15-/m1/s1. The Morgan fingerprint density at radius 1 is 1.17 bits per heavy atom. The third kappa shape index (κ3) is 3.60. The average molecular weight is 422 g/mol. The van der Waals surface area contributed by atoms with E-state index in [1.807, 2.05) is 6.07 Å². The number of aromatic nitrogens is 2. The molecule has 2 aliphatic rings. The molecule has 0 aromatic carbocycles. The van der Waals surface area contributed by atoms with Crippen molar-refractivity contribution in [3.05, 3.63) is 35.5 Å². The minimum Gasteiger partial charge on any atom is -0.360 e. The van der Waals surface area contributed by atoms with Crippen LogP contribution in [0, 0.1) is 13.8 Å². The molecular weight excluding hydrogens is 394 g/mol. The fourth-order valence-electron chi connectivity index (χ4n) is 4.27. The van der Waals surface area contributed by atoms with Crippen molar-refractivity contribution in [3.63, 3.8) is 0 Å². The van der Waals surface area contributed by atoms with E-state index < -0.39 is 10.0 Å². The third-order valence-corrected chi connectivity index (χ3v) is 8.11. The Labute approximate surface area is 170 Å². The van der Waals surface area contributed by atoms with Crippen LogP contribution in [0.1, 0.15) is 30.1 Å². The minimum absolute atomic E-state index is 0.0474. The van der Waals surface area contributed by atoms with Gasteiger partial charge < -0.3 is 14.0 Å². The summed E-state index contributed by atoms with van der Waals surface area (Å²) in [5, 5.41) is 3.75. The molecule has 0 unspecified atom stereocenters. The number of hydrogen-bond donors (Lipinski definition) is 0. The lowest BCUT2D eigenvalue weighted by Crippen LogP contribution is -2.53. The molecule has 0 radical (unpaired) electrons. The van der Waals surface area contributed by atoms with Gasteiger partial charge in [-0.05, 0) is 32.9 Å². The van der Waals surface area contributed by atoms with Crippen molar-refractivity contribution in [2.75, 3.05) is 39.3 Å². The van der Waals surface area contributed by atoms with Crippen LogP contribution in [0.3, 0.4) is 0 Å². The van der Waals surface area contributed by atoms with Crippen molar-refractivity contribution < 1.29 is 17.7 Å². The van der Waals surface area contributed by atoms with E-state index in [1.165, 1.54) is 10.00 Å². The predicted molar refractivity (Wildman–Crippen MR) is 106 cm³/mol. The van der Waals surface area contributed by atoms with Crippen LogP contribution in [0.4, 0.5) is 0 Å². The molecule has 29 heavy (non-hydrogen) atoms. The molecule has 4 rings (SSSR count). The number of sulfonamides is 1. The van der Waals surface area contributed by atoms with Crippen molar-refractivity contribution in [3.8, 4) is 0 Å². The lowest BCUT2D eigenvalue weighted by atomic mass is 10.1. The SMILES string of the molecule is Cc1noc(C)c1S(=O)(=O)N1CCN(C(=O)CN2CCn3cccc3[C@H]2C)CC1. The van der Waals surface area contributed by atoms with Gasteiger partial charge in [-0.15, -0.1) is 0 Å². The quantitative estimate of drug-likeness (QED) is 0.732. The molecule has 0 saturated carbocycles. The summed E-state index contributed by atoms with van der Waals surface area (Å²) in [6.07, 6.45) is 2.07. The number of carbonyl (C=O) groups is 1. The van der Waals surface area contributed by atoms with Crippen LogP contribution >= 0.6 is 0 Å². The molecule has 1 amide bonds. The second-order valence-electron chi connectivity index (χ2n) is 7.71. The fraction of sp³-hybridized carbons (Fsp3) is 0.579. The highest BCUT2D eigenvalue weighted by molar-refractivity contribution is 7.89. The highest BCUT2D eigenvalue weighted by Crippen LogP contribution is 2.26. The Hall–Kier alpha value is -2.17. The molecule has 1 atom stereocenters. The number of carbonyl (C=O) groups excluding carboxylic acids is 1. The highest BCUT2D eigenvalue weighted by atomic mass is 32.2. The third-order valence-electron chi connectivity index (χ3n) is 5.96. The molecule has 158 valence electrons. The monoisotopic (exact) mass is 421 g/mol. The van der Waals surface area contributed by atoms with E-state index in [0.717, 1.165) is 13.1 Å². The van der Waals surface area contributed by atoms with Gasteiger partial charge in [0.2, 0.25) is 15.9 Å². The molecule has 2 aliphatic heterocycles. The van der Waals surface area contributed by atoms with E-state index in [-0.39, 0.29) is 29.9 Å². The zero-order valence-electron chi connectivity index (χ0n) is 17.0. The van der Waals surface area contributed by atoms with Crippen molar-refractivity contribution in [1.29, 1.82) is 0 Å². The number of fused-ring (bicyclic) bond motifs is 1. The fourth-order valence-corrected chi connectivity index (χ4v) is 5.98. The van der Waals surface area contributed by atoms with Gasteiger partial charge in [0.15, 0.2) is 5.76 Å². The van der Waals surface area contributed by atoms with E-state index in [2.05, 4.69) is 33.8 Å². The summed E-state index contributed by atoms with van der Waals surface area (Å²) < 4.78 is 34.5. The second kappa shape index (κ2) is 7.58. The summed E-state index contributed by atoms with van der Waals surface area (Å²) in [6.45, 7) is 8.73. The van der Waals surface area contributed by atoms with Crippen LogP contribution in [0.25, 0.3) is 0 Å². The molecule has 0 N–H and O–H groups in total. The lowest BCUT2D eigenvalue weighted by Gasteiger charge is -2.38. The maximum absolute atomic E-state index is 12.9. The molecule has 2 aromatic heterocycles. The zero-order valence-corrected chi connectivity index (χ0v) is 17.9. The van der Waals surface area contributed by atoms with Gasteiger partial charge in [-0.2, -0.15) is 4.31 Å². The van der Waals surface area contributed by atoms with Gasteiger partial charge in [0.1, 0.15) is 10.6 Å². The average Bonchev–Trinajstić information content (AvgIpc) is 3.31. The summed E-state index contributed by atoms with van der Waals surface area (Å²) in [4.78, 5) is 16.9. The van der Waals surface area contributed by atoms with E-state index in [4.69, 9.17) is 4.52 Å². The van der Waals surface area contributed by atoms with Crippen LogP contribution in [0.5, 0.6) is 0 Å². The van der Waals surface area contributed by atoms with E-state index in [1.54, 1.807) is 18.7 Å². The number of rotatable bonds is 4. The molecule has 4 heterocycles. The molecule has 10 heteroatoms. The zero-order chi connectivity index (χ0) is 20.8. The van der Waals surface area contributed by atoms with Gasteiger partial charge in [-0.3, -0.25) is 9.69 Å². The van der Waals surface area contributed by atoms with Gasteiger partial charge in [0.25, 0.3) is 0 Å². The summed E-state index contributed by atoms with van der Waals surface area (Å²) in [5.74, 6) is 0.344. The summed E-state index contributed by atoms with van der Waals surface area (Å²) in [7, 11) is -3.67. The van der Waals surface area contributed by atoms with E-state index in [9.17, 15) is 13.2 Å². The maximum Gasteiger partial charge on any atom is 0.248 e. The Kier molecular flexibility index (Phi) is 5.26. The molecule has 1 saturated heterocycles. The largest absolute Gasteiger partial charge is 0.360 e. The summed E-state index contributed by atoms with van der Waals surface area (Å²) in [5.41, 5.74) is 1.59. The summed E-state index contributed by atoms with van der Waals surface area (Å²) in [6, 6.07) is 4.32. The first-order chi connectivity index (χ1) is 13.8. The maximum atomic E-state index is 12.9. The molecule has 0 bridgehead atoms. The van der Waals surface area contributed by atoms with Gasteiger partial charge >= 0.3 is 0 Å². The molecule has 0 spiro atoms. The topological polar surface area (TPSA) is 91.9 Å². The number of amides is 1. The number of hydrogen-bond acceptors (Lipinski definition) is 6. The predicted octanol–water partition coefficient (Wildman–Crippen LogP) is 1.00. The van der Waals surface area contributed by atoms with Crippen molar-refractivity contribution in [1.82, 2.24) is 23.8 Å². The van der Waals surface area contributed by atoms with Gasteiger partial charge in [-0.1, -0.05) is 5.16 Å². The smallest absolute Gasteiger partial charge is 0.248 e. The van der Waals surface area contributed by atoms with E-state index >= 15 is 0 Å². The van der Waals surface area contributed by atoms with Gasteiger partial charge in [0, 0.05) is 57.2 Å². The molecule has 0 aliphatic carbocycles. The minimum atomic E-state index is -3.67. The Balaban J connectivity index is 1.37. The first kappa shape index (κ1) is 20.1. The Morgan fingerprint density at radius 3 is 2.55 bits per heavy atom. The second-order valence-corrected chi connectivity index (χ2v) is 9.59. The van der Waals surface area contributed by atoms with Crippen molar-refractivity contribution in [2.24, 2.45) is 0 Å². The first-order valence-corrected chi connectivity index (χ1v) is 11.3. The summed E-state index contributed by atoms with van der Waals surface area (Å²) >= 11 is 0. The molecule has 1 fully saturated rings. The first-order valence-electron chi connectivity index (χ1n) is 9.89. The lowest BCUT2D eigenvalue weighted by molar-refractivity contribution is -0.134. The van der Waals surface area contributed by atoms with Crippen molar-refractivity contribution >= 4 is 15.9 Å². The number of aryl methyl sites for hydroxylation is 2. The van der Waals surface area contributed by atoms with E-state index in [0.29, 0.717) is 31.1 Å². The molecule has 9 nitrogen and oxygen atoms in total. The Morgan fingerprint density at radius 2 is 1.90 bits per heavy atom. The van der Waals surface area contributed by atoms with Crippen LogP contribution in [-0.4, -0.2) is 77.4 Å². The van der Waals surface area contributed by atoms with Crippen LogP contribution in [0.15, 0.2) is 27.7 Å². The highest BCUT2D eigenvalue weighted by Gasteiger charge is 2.35. The Bertz CT molecular complexity index is 984. The molecular formula is C19H27N5O4S. The van der Waals surface area contributed by atoms with Crippen LogP contribution < -0.4 is 0 Å². The number of nitrogens with zero attached hydrogens (tertiary/aromatic N) is 5. The normalized spacial score (nSPS) is 21.3. The van der Waals surface area contributed by atoms with Crippen LogP contribution in [0.2, 0.25) is 0 Å². The van der Waals surface area contributed by atoms with Crippen molar-refractivity contribution in [2.45, 2.75) is 38.3 Å². The molecule has 2 aromatic rings. The van der Waals surface area contributed by atoms with Gasteiger partial charge in [0.05, 0.1) is 6.54 Å². The van der Waals surface area contributed by atoms with Gasteiger partial charge in [-0.25, -0.2) is 8.42 Å². The number of piperazine rings is 1. The van der Waals surface area contributed by atoms with Crippen LogP contribution in [-0.2, 0) is 21.4 Å².